The largest absolute Gasteiger partial charge is 0.508 e. The molecule has 10 heavy (non-hydrogen) atoms. The van der Waals surface area contributed by atoms with Crippen molar-refractivity contribution in [3.63, 3.8) is 0 Å². The fraction of sp³-hybridized carbons (Fsp3) is 0. The second kappa shape index (κ2) is 2.96. The van der Waals surface area contributed by atoms with Crippen molar-refractivity contribution in [1.82, 2.24) is 9.97 Å². The van der Waals surface area contributed by atoms with Gasteiger partial charge in [0.05, 0.1) is 5.59 Å². The molecule has 0 amide bonds. The number of hydrogen-bond donors (Lipinski definition) is 2. The quantitative estimate of drug-likeness (QED) is 0.398. The lowest BCUT2D eigenvalue weighted by molar-refractivity contribution is 0.424. The smallest absolute Gasteiger partial charge is 0.422 e. The first-order valence-electron chi connectivity index (χ1n) is 2.54. The monoisotopic (exact) mass is 158 g/mol. The first kappa shape index (κ1) is 7.46. The Balaban J connectivity index is 2.96. The second-order valence-corrected chi connectivity index (χ2v) is 2.03. The van der Waals surface area contributed by atoms with E-state index in [-0.39, 0.29) is 10.7 Å². The van der Waals surface area contributed by atoms with Crippen molar-refractivity contribution < 1.29 is 10.0 Å². The number of nitrogens with zero attached hydrogens (tertiary/aromatic N) is 2. The maximum absolute atomic E-state index is 8.55. The highest BCUT2D eigenvalue weighted by Crippen LogP contribution is 1.96. The van der Waals surface area contributed by atoms with Crippen LogP contribution in [0, 0.1) is 0 Å². The molecule has 1 aromatic heterocycles. The van der Waals surface area contributed by atoms with Crippen LogP contribution in [0.2, 0.25) is 5.15 Å². The van der Waals surface area contributed by atoms with Crippen LogP contribution in [0.5, 0.6) is 0 Å². The van der Waals surface area contributed by atoms with Gasteiger partial charge in [0.2, 0.25) is 0 Å². The third-order valence-corrected chi connectivity index (χ3v) is 1.13. The minimum atomic E-state index is -1.58. The van der Waals surface area contributed by atoms with Gasteiger partial charge in [-0.3, -0.25) is 0 Å². The second-order valence-electron chi connectivity index (χ2n) is 1.64. The van der Waals surface area contributed by atoms with E-state index in [0.717, 1.165) is 6.33 Å². The summed E-state index contributed by atoms with van der Waals surface area (Å²) in [6.07, 6.45) is 1.16. The van der Waals surface area contributed by atoms with Gasteiger partial charge in [0.1, 0.15) is 11.5 Å². The molecule has 1 rings (SSSR count). The highest BCUT2D eigenvalue weighted by atomic mass is 35.5. The predicted octanol–water partition coefficient (Wildman–Crippen LogP) is -1.19. The Kier molecular flexibility index (Phi) is 2.21. The molecule has 0 saturated carbocycles. The van der Waals surface area contributed by atoms with E-state index < -0.39 is 7.12 Å². The van der Waals surface area contributed by atoms with Crippen LogP contribution in [0.1, 0.15) is 0 Å². The minimum absolute atomic E-state index is 0.0972. The van der Waals surface area contributed by atoms with Gasteiger partial charge in [0.15, 0.2) is 0 Å². The van der Waals surface area contributed by atoms with E-state index in [4.69, 9.17) is 21.6 Å². The van der Waals surface area contributed by atoms with E-state index in [1.54, 1.807) is 0 Å². The molecule has 52 valence electrons. The van der Waals surface area contributed by atoms with Crippen LogP contribution < -0.4 is 5.59 Å². The third-order valence-electron chi connectivity index (χ3n) is 0.919. The van der Waals surface area contributed by atoms with Crippen molar-refractivity contribution in [2.24, 2.45) is 0 Å². The molecule has 0 radical (unpaired) electrons. The van der Waals surface area contributed by atoms with E-state index in [1.807, 2.05) is 0 Å². The van der Waals surface area contributed by atoms with Crippen molar-refractivity contribution in [2.45, 2.75) is 0 Å². The predicted molar refractivity (Wildman–Crippen MR) is 36.9 cm³/mol. The summed E-state index contributed by atoms with van der Waals surface area (Å²) in [7, 11) is -1.58. The minimum Gasteiger partial charge on any atom is -0.422 e. The summed E-state index contributed by atoms with van der Waals surface area (Å²) < 4.78 is 0. The number of hydrogen-bond acceptors (Lipinski definition) is 4. The van der Waals surface area contributed by atoms with Gasteiger partial charge < -0.3 is 10.0 Å². The number of aromatic nitrogens is 2. The maximum Gasteiger partial charge on any atom is 0.508 e. The maximum atomic E-state index is 8.55. The van der Waals surface area contributed by atoms with Crippen LogP contribution in [-0.4, -0.2) is 27.1 Å². The van der Waals surface area contributed by atoms with E-state index in [0.29, 0.717) is 0 Å². The molecule has 0 aliphatic heterocycles. The lowest BCUT2D eigenvalue weighted by Crippen LogP contribution is -2.32. The van der Waals surface area contributed by atoms with E-state index in [1.165, 1.54) is 6.07 Å². The SMILES string of the molecule is OB(O)c1cc(Cl)ncn1. The molecule has 0 bridgehead atoms. The lowest BCUT2D eigenvalue weighted by Gasteiger charge is -1.95. The van der Waals surface area contributed by atoms with E-state index in [2.05, 4.69) is 9.97 Å². The fourth-order valence-electron chi connectivity index (χ4n) is 0.488. The molecule has 0 spiro atoms. The van der Waals surface area contributed by atoms with Crippen molar-refractivity contribution in [3.05, 3.63) is 17.5 Å². The van der Waals surface area contributed by atoms with Gasteiger partial charge in [-0.2, -0.15) is 0 Å². The summed E-state index contributed by atoms with van der Waals surface area (Å²) in [5, 5.41) is 17.3. The molecule has 0 saturated heterocycles. The van der Waals surface area contributed by atoms with Crippen LogP contribution >= 0.6 is 11.6 Å². The molecular formula is C4H4BClN2O2. The summed E-state index contributed by atoms with van der Waals surface area (Å²) in [6, 6.07) is 1.28. The standard InChI is InChI=1S/C4H4BClN2O2/c6-4-1-3(5(9)10)7-2-8-4/h1-2,9-10H. The molecule has 0 unspecified atom stereocenters. The van der Waals surface area contributed by atoms with Crippen molar-refractivity contribution in [3.8, 4) is 0 Å². The Morgan fingerprint density at radius 1 is 1.40 bits per heavy atom. The Morgan fingerprint density at radius 3 is 2.50 bits per heavy atom. The molecule has 2 N–H and O–H groups in total. The Morgan fingerprint density at radius 2 is 2.10 bits per heavy atom. The topological polar surface area (TPSA) is 66.2 Å². The Hall–Kier alpha value is -0.645. The van der Waals surface area contributed by atoms with Gasteiger partial charge in [0.25, 0.3) is 0 Å². The van der Waals surface area contributed by atoms with E-state index >= 15 is 0 Å². The van der Waals surface area contributed by atoms with Crippen molar-refractivity contribution in [1.29, 1.82) is 0 Å². The summed E-state index contributed by atoms with van der Waals surface area (Å²) in [5.41, 5.74) is 0.0972. The summed E-state index contributed by atoms with van der Waals surface area (Å²) in [6.45, 7) is 0. The molecule has 0 aromatic carbocycles. The summed E-state index contributed by atoms with van der Waals surface area (Å²) >= 11 is 5.42. The van der Waals surface area contributed by atoms with Crippen LogP contribution in [-0.2, 0) is 0 Å². The van der Waals surface area contributed by atoms with Gasteiger partial charge >= 0.3 is 7.12 Å². The van der Waals surface area contributed by atoms with Gasteiger partial charge in [-0.05, 0) is 6.07 Å². The Labute approximate surface area is 62.7 Å². The summed E-state index contributed by atoms with van der Waals surface area (Å²) in [5.74, 6) is 0. The highest BCUT2D eigenvalue weighted by Gasteiger charge is 2.12. The lowest BCUT2D eigenvalue weighted by atomic mass is 9.86. The first-order chi connectivity index (χ1) is 4.70. The van der Waals surface area contributed by atoms with Crippen LogP contribution in [0.25, 0.3) is 0 Å². The zero-order chi connectivity index (χ0) is 7.56. The van der Waals surface area contributed by atoms with Gasteiger partial charge in [-0.25, -0.2) is 9.97 Å². The molecule has 0 fully saturated rings. The molecule has 1 aromatic rings. The fourth-order valence-corrected chi connectivity index (χ4v) is 0.644. The molecule has 0 atom stereocenters. The molecule has 0 aliphatic rings. The first-order valence-corrected chi connectivity index (χ1v) is 2.91. The molecule has 4 nitrogen and oxygen atoms in total. The highest BCUT2D eigenvalue weighted by molar-refractivity contribution is 6.57. The zero-order valence-electron chi connectivity index (χ0n) is 4.90. The summed E-state index contributed by atoms with van der Waals surface area (Å²) in [4.78, 5) is 7.10. The molecule has 1 heterocycles. The number of halogens is 1. The van der Waals surface area contributed by atoms with Crippen molar-refractivity contribution in [2.75, 3.05) is 0 Å². The normalized spacial score (nSPS) is 9.50. The Bertz CT molecular complexity index is 232. The molecule has 6 heteroatoms. The van der Waals surface area contributed by atoms with Crippen LogP contribution in [0.3, 0.4) is 0 Å². The van der Waals surface area contributed by atoms with Gasteiger partial charge in [-0.1, -0.05) is 11.6 Å². The van der Waals surface area contributed by atoms with Gasteiger partial charge in [0, 0.05) is 0 Å². The molecular weight excluding hydrogens is 154 g/mol. The van der Waals surface area contributed by atoms with Crippen molar-refractivity contribution >= 4 is 24.3 Å². The molecule has 0 aliphatic carbocycles. The van der Waals surface area contributed by atoms with Crippen LogP contribution in [0.4, 0.5) is 0 Å². The van der Waals surface area contributed by atoms with Crippen LogP contribution in [0.15, 0.2) is 12.4 Å². The zero-order valence-corrected chi connectivity index (χ0v) is 5.65. The number of rotatable bonds is 1. The average molecular weight is 158 g/mol. The third kappa shape index (κ3) is 1.67. The average Bonchev–Trinajstić information content (AvgIpc) is 1.88. The van der Waals surface area contributed by atoms with Gasteiger partial charge in [-0.15, -0.1) is 0 Å². The van der Waals surface area contributed by atoms with E-state index in [9.17, 15) is 0 Å².